The Morgan fingerprint density at radius 2 is 1.36 bits per heavy atom. The fourth-order valence-corrected chi connectivity index (χ4v) is 4.93. The highest BCUT2D eigenvalue weighted by Gasteiger charge is 2.50. The van der Waals surface area contributed by atoms with E-state index in [1.807, 2.05) is 6.92 Å². The number of ketones is 1. The highest BCUT2D eigenvalue weighted by atomic mass is 16.6. The molecule has 0 aromatic rings. The number of aliphatic hydroxyl groups is 1. The molecular formula is C30H56O12. The van der Waals surface area contributed by atoms with E-state index in [-0.39, 0.29) is 21.3 Å². The Labute approximate surface area is 257 Å². The summed E-state index contributed by atoms with van der Waals surface area (Å²) in [5, 5.41) is 9.14. The molecule has 12 heteroatoms. The van der Waals surface area contributed by atoms with Gasteiger partial charge in [0.15, 0.2) is 24.1 Å². The summed E-state index contributed by atoms with van der Waals surface area (Å²) in [6.07, 6.45) is 5.23. The molecule has 3 rings (SSSR count). The van der Waals surface area contributed by atoms with Crippen molar-refractivity contribution >= 4 is 35.6 Å². The second-order valence-corrected chi connectivity index (χ2v) is 10.7. The van der Waals surface area contributed by atoms with E-state index in [0.29, 0.717) is 19.4 Å². The smallest absolute Gasteiger partial charge is 0.347 e. The first kappa shape index (κ1) is 33.5. The van der Waals surface area contributed by atoms with Gasteiger partial charge in [-0.25, -0.2) is 14.4 Å². The SMILES string of the molecule is CCOC(=O)C1(C(=O)[C@H](C)OC(=O)[C@H](C)O)CCCCC1.CCOC(=O)C1CCCCC1.C[C@@H]1OC(=O)[C@H](C)OC1=O.[2HH].[2HH].[2H][2H].[2H][2H]. The molecule has 12 nitrogen and oxygen atoms in total. The number of ether oxygens (including phenoxy) is 5. The molecule has 3 aliphatic rings. The van der Waals surface area contributed by atoms with E-state index in [0.717, 1.165) is 32.1 Å². The van der Waals surface area contributed by atoms with Crippen molar-refractivity contribution < 1.29 is 66.4 Å². The third-order valence-electron chi connectivity index (χ3n) is 7.32. The van der Waals surface area contributed by atoms with Crippen LogP contribution < -0.4 is 0 Å². The summed E-state index contributed by atoms with van der Waals surface area (Å²) in [6.45, 7) is 9.93. The van der Waals surface area contributed by atoms with Crippen LogP contribution in [0.15, 0.2) is 0 Å². The number of hydrogen-bond donors (Lipinski definition) is 1. The average Bonchev–Trinajstić information content (AvgIpc) is 3.06. The van der Waals surface area contributed by atoms with Crippen molar-refractivity contribution in [3.63, 3.8) is 0 Å². The summed E-state index contributed by atoms with van der Waals surface area (Å²) < 4.78 is 44.1. The number of hydrogen-bond acceptors (Lipinski definition) is 12. The van der Waals surface area contributed by atoms with Crippen LogP contribution >= 0.6 is 0 Å². The van der Waals surface area contributed by atoms with Gasteiger partial charge in [0.2, 0.25) is 0 Å². The van der Waals surface area contributed by atoms with E-state index < -0.39 is 59.5 Å². The third-order valence-corrected chi connectivity index (χ3v) is 7.32. The maximum absolute atomic E-state index is 12.6. The zero-order valence-electron chi connectivity index (χ0n) is 29.8. The average molecular weight is 615 g/mol. The van der Waals surface area contributed by atoms with E-state index in [4.69, 9.17) is 25.3 Å². The molecule has 0 unspecified atom stereocenters. The predicted octanol–water partition coefficient (Wildman–Crippen LogP) is 4.36. The summed E-state index contributed by atoms with van der Waals surface area (Å²) in [5.74, 6) is -2.56. The van der Waals surface area contributed by atoms with Gasteiger partial charge in [0.05, 0.1) is 19.1 Å². The molecular weight excluding hydrogens is 552 g/mol. The third kappa shape index (κ3) is 11.3. The lowest BCUT2D eigenvalue weighted by Gasteiger charge is -2.34. The number of carbonyl (C=O) groups is 6. The van der Waals surface area contributed by atoms with Crippen molar-refractivity contribution in [1.29, 1.82) is 0 Å². The topological polar surface area (TPSA) is 169 Å². The minimum atomic E-state index is -1.30. The van der Waals surface area contributed by atoms with E-state index >= 15 is 0 Å². The molecule has 0 radical (unpaired) electrons. The van der Waals surface area contributed by atoms with Crippen molar-refractivity contribution in [3.8, 4) is 0 Å². The van der Waals surface area contributed by atoms with Crippen molar-refractivity contribution in [2.45, 2.75) is 130 Å². The summed E-state index contributed by atoms with van der Waals surface area (Å²) in [5.41, 5.74) is -1.22. The summed E-state index contributed by atoms with van der Waals surface area (Å²) in [7, 11) is 0. The number of cyclic esters (lactones) is 2. The summed E-state index contributed by atoms with van der Waals surface area (Å²) >= 11 is 0. The number of esters is 5. The Morgan fingerprint density at radius 1 is 0.881 bits per heavy atom. The molecule has 0 amide bonds. The Morgan fingerprint density at radius 3 is 1.81 bits per heavy atom. The van der Waals surface area contributed by atoms with E-state index in [1.54, 1.807) is 6.92 Å². The van der Waals surface area contributed by atoms with Gasteiger partial charge in [-0.15, -0.1) is 0 Å². The Bertz CT molecular complexity index is 921. The molecule has 0 spiro atoms. The van der Waals surface area contributed by atoms with Gasteiger partial charge in [0.1, 0.15) is 11.5 Å². The molecule has 248 valence electrons. The van der Waals surface area contributed by atoms with Gasteiger partial charge < -0.3 is 28.8 Å². The minimum Gasteiger partial charge on any atom is -0.466 e. The zero-order valence-corrected chi connectivity index (χ0v) is 25.8. The zero-order chi connectivity index (χ0) is 35.9. The number of rotatable bonds is 8. The standard InChI is InChI=1S/C15H24O6.C9H16O2.C6H8O4.4H2/c1-4-20-14(19)15(8-6-5-7-9-15)12(17)11(3)21-13(18)10(2)16;1-2-11-9(10)8-6-4-3-5-7-8;1-3-5(7)10-4(2)6(8)9-3;;;;/h10-11,16H,4-9H2,1-3H3;8H,2-7H2,1H3;3-4H,1-2H3;4*1H/t10-,11-;;3-,4-;;;;/m0.0..../s1/i;;;2*1+1D;2*1+1. The lowest BCUT2D eigenvalue weighted by atomic mass is 9.70. The van der Waals surface area contributed by atoms with Crippen LogP contribution in [0, 0.1) is 11.3 Å². The first-order chi connectivity index (χ1) is 21.8. The van der Waals surface area contributed by atoms with Crippen LogP contribution in [0.3, 0.4) is 0 Å². The molecule has 0 aromatic carbocycles. The van der Waals surface area contributed by atoms with Crippen LogP contribution in [0.4, 0.5) is 0 Å². The lowest BCUT2D eigenvalue weighted by Crippen LogP contribution is -2.48. The van der Waals surface area contributed by atoms with Crippen LogP contribution in [-0.2, 0) is 52.5 Å². The van der Waals surface area contributed by atoms with Crippen molar-refractivity contribution in [2.75, 3.05) is 13.2 Å². The molecule has 1 aliphatic heterocycles. The number of aliphatic hydroxyl groups excluding tert-OH is 1. The van der Waals surface area contributed by atoms with Gasteiger partial charge in [-0.1, -0.05) is 38.5 Å². The summed E-state index contributed by atoms with van der Waals surface area (Å²) in [6, 6.07) is 0. The Balaban J connectivity index is -0.000000304. The highest BCUT2D eigenvalue weighted by Crippen LogP contribution is 2.39. The molecule has 2 saturated carbocycles. The minimum absolute atomic E-state index is 0. The van der Waals surface area contributed by atoms with Crippen LogP contribution in [0.25, 0.3) is 0 Å². The molecule has 1 N–H and O–H groups in total. The number of Topliss-reactive ketones (excluding diaryl/α,β-unsaturated/α-hetero) is 1. The molecule has 0 bridgehead atoms. The lowest BCUT2D eigenvalue weighted by molar-refractivity contribution is -0.191. The van der Waals surface area contributed by atoms with Crippen LogP contribution in [0.5, 0.6) is 0 Å². The van der Waals surface area contributed by atoms with Crippen LogP contribution in [0.2, 0.25) is 0 Å². The first-order valence-electron chi connectivity index (χ1n) is 17.0. The highest BCUT2D eigenvalue weighted by molar-refractivity contribution is 6.06. The molecule has 42 heavy (non-hydrogen) atoms. The van der Waals surface area contributed by atoms with E-state index in [2.05, 4.69) is 9.47 Å². The van der Waals surface area contributed by atoms with Crippen LogP contribution in [-0.4, -0.2) is 78.4 Å². The molecule has 2 aliphatic carbocycles. The first-order valence-corrected chi connectivity index (χ1v) is 15.0. The predicted molar refractivity (Wildman–Crippen MR) is 157 cm³/mol. The van der Waals surface area contributed by atoms with Crippen molar-refractivity contribution in [2.24, 2.45) is 11.3 Å². The van der Waals surface area contributed by atoms with Gasteiger partial charge >= 0.3 is 29.8 Å². The number of carbonyl (C=O) groups excluding carboxylic acids is 6. The summed E-state index contributed by atoms with van der Waals surface area (Å²) in [4.78, 5) is 68.8. The quantitative estimate of drug-likeness (QED) is 0.233. The van der Waals surface area contributed by atoms with Crippen molar-refractivity contribution in [3.05, 3.63) is 0 Å². The van der Waals surface area contributed by atoms with Gasteiger partial charge in [0, 0.05) is 8.79 Å². The molecule has 1 heterocycles. The van der Waals surface area contributed by atoms with Gasteiger partial charge in [-0.05, 0) is 67.2 Å². The molecule has 0 aromatic heterocycles. The second kappa shape index (κ2) is 18.5. The largest absolute Gasteiger partial charge is 0.466 e. The molecule has 4 atom stereocenters. The molecule has 1 saturated heterocycles. The Hall–Kier alpha value is -3.02. The fourth-order valence-electron chi connectivity index (χ4n) is 4.93. The second-order valence-electron chi connectivity index (χ2n) is 10.7. The van der Waals surface area contributed by atoms with Crippen LogP contribution in [0.1, 0.15) is 115 Å². The van der Waals surface area contributed by atoms with Gasteiger partial charge in [-0.2, -0.15) is 0 Å². The van der Waals surface area contributed by atoms with Gasteiger partial charge in [-0.3, -0.25) is 14.4 Å². The van der Waals surface area contributed by atoms with E-state index in [9.17, 15) is 28.8 Å². The monoisotopic (exact) mass is 614 g/mol. The Kier molecular flexibility index (Phi) is 14.8. The van der Waals surface area contributed by atoms with Crippen molar-refractivity contribution in [1.82, 2.24) is 0 Å². The molecule has 3 fully saturated rings. The normalized spacial score (nSPS) is 23.5. The fraction of sp³-hybridized carbons (Fsp3) is 0.800. The maximum Gasteiger partial charge on any atom is 0.347 e. The van der Waals surface area contributed by atoms with Gasteiger partial charge in [0.25, 0.3) is 0 Å². The van der Waals surface area contributed by atoms with E-state index in [1.165, 1.54) is 47.0 Å². The maximum atomic E-state index is 12.6.